The van der Waals surface area contributed by atoms with Gasteiger partial charge in [0.1, 0.15) is 0 Å². The highest BCUT2D eigenvalue weighted by molar-refractivity contribution is 5.58. The first-order chi connectivity index (χ1) is 7.68. The summed E-state index contributed by atoms with van der Waals surface area (Å²) in [6.07, 6.45) is 4.03. The third-order valence-electron chi connectivity index (χ3n) is 3.64. The van der Waals surface area contributed by atoms with Crippen LogP contribution >= 0.6 is 0 Å². The molecule has 0 radical (unpaired) electrons. The van der Waals surface area contributed by atoms with Gasteiger partial charge in [-0.15, -0.1) is 0 Å². The minimum atomic E-state index is 0.601. The molecule has 2 rings (SSSR count). The number of hydrogen-bond donors (Lipinski definition) is 1. The second-order valence-electron chi connectivity index (χ2n) is 5.45. The number of nitrogens with one attached hydrogen (secondary N) is 1. The Bertz CT molecular complexity index is 343. The average Bonchev–Trinajstić information content (AvgIpc) is 2.55. The quantitative estimate of drug-likeness (QED) is 0.787. The van der Waals surface area contributed by atoms with Crippen molar-refractivity contribution in [1.29, 1.82) is 0 Å². The summed E-state index contributed by atoms with van der Waals surface area (Å²) in [6, 6.07) is 9.37. The van der Waals surface area contributed by atoms with Crippen LogP contribution in [0.1, 0.15) is 51.5 Å². The summed E-state index contributed by atoms with van der Waals surface area (Å²) >= 11 is 0. The Hall–Kier alpha value is -0.980. The van der Waals surface area contributed by atoms with Crippen molar-refractivity contribution in [3.8, 4) is 0 Å². The van der Waals surface area contributed by atoms with E-state index in [-0.39, 0.29) is 0 Å². The lowest BCUT2D eigenvalue weighted by Gasteiger charge is -2.16. The molecule has 0 aromatic heterocycles. The Morgan fingerprint density at radius 3 is 2.75 bits per heavy atom. The van der Waals surface area contributed by atoms with E-state index in [0.29, 0.717) is 6.04 Å². The van der Waals surface area contributed by atoms with E-state index in [0.717, 1.165) is 11.8 Å². The van der Waals surface area contributed by atoms with E-state index in [2.05, 4.69) is 50.4 Å². The molecule has 1 aliphatic heterocycles. The van der Waals surface area contributed by atoms with E-state index in [1.54, 1.807) is 0 Å². The first kappa shape index (κ1) is 11.5. The summed E-state index contributed by atoms with van der Waals surface area (Å²) in [5.74, 6) is 1.55. The van der Waals surface area contributed by atoms with E-state index in [1.807, 2.05) is 0 Å². The van der Waals surface area contributed by atoms with Gasteiger partial charge in [-0.25, -0.2) is 0 Å². The van der Waals surface area contributed by atoms with Crippen molar-refractivity contribution in [3.63, 3.8) is 0 Å². The maximum Gasteiger partial charge on any atom is 0.0378 e. The van der Waals surface area contributed by atoms with Gasteiger partial charge in [-0.3, -0.25) is 0 Å². The summed E-state index contributed by atoms with van der Waals surface area (Å²) in [6.45, 7) is 6.93. The molecule has 1 heterocycles. The highest BCUT2D eigenvalue weighted by atomic mass is 15.0. The van der Waals surface area contributed by atoms with Crippen LogP contribution in [0.5, 0.6) is 0 Å². The van der Waals surface area contributed by atoms with Crippen LogP contribution in [0.4, 0.5) is 5.69 Å². The Labute approximate surface area is 99.3 Å². The second-order valence-corrected chi connectivity index (χ2v) is 5.45. The Kier molecular flexibility index (Phi) is 3.52. The Morgan fingerprint density at radius 2 is 2.00 bits per heavy atom. The molecule has 16 heavy (non-hydrogen) atoms. The molecule has 0 spiro atoms. The molecule has 0 fully saturated rings. The molecule has 0 saturated heterocycles. The zero-order valence-corrected chi connectivity index (χ0v) is 10.7. The van der Waals surface area contributed by atoms with Crippen LogP contribution in [0.2, 0.25) is 0 Å². The molecule has 1 nitrogen and oxygen atoms in total. The number of para-hydroxylation sites is 1. The smallest absolute Gasteiger partial charge is 0.0378 e. The monoisotopic (exact) mass is 217 g/mol. The largest absolute Gasteiger partial charge is 0.382 e. The van der Waals surface area contributed by atoms with Crippen LogP contribution in [-0.2, 0) is 0 Å². The summed E-state index contributed by atoms with van der Waals surface area (Å²) < 4.78 is 0. The van der Waals surface area contributed by atoms with Gasteiger partial charge in [-0.2, -0.15) is 0 Å². The number of rotatable bonds is 4. The maximum absolute atomic E-state index is 3.59. The van der Waals surface area contributed by atoms with Gasteiger partial charge < -0.3 is 5.32 Å². The second kappa shape index (κ2) is 4.90. The minimum Gasteiger partial charge on any atom is -0.382 e. The van der Waals surface area contributed by atoms with Crippen molar-refractivity contribution in [2.75, 3.05) is 5.32 Å². The molecule has 2 unspecified atom stereocenters. The summed E-state index contributed by atoms with van der Waals surface area (Å²) in [4.78, 5) is 0. The van der Waals surface area contributed by atoms with E-state index in [1.165, 1.54) is 30.5 Å². The van der Waals surface area contributed by atoms with Gasteiger partial charge in [0.25, 0.3) is 0 Å². The lowest BCUT2D eigenvalue weighted by Crippen LogP contribution is -2.15. The van der Waals surface area contributed by atoms with Crippen LogP contribution in [-0.4, -0.2) is 6.04 Å². The number of hydrogen-bond acceptors (Lipinski definition) is 1. The molecule has 1 heteroatoms. The predicted octanol–water partition coefficient (Wildman–Crippen LogP) is 4.41. The van der Waals surface area contributed by atoms with Crippen molar-refractivity contribution >= 4 is 5.69 Å². The summed E-state index contributed by atoms with van der Waals surface area (Å²) in [7, 11) is 0. The maximum atomic E-state index is 3.59. The summed E-state index contributed by atoms with van der Waals surface area (Å²) in [5.41, 5.74) is 2.88. The van der Waals surface area contributed by atoms with Crippen LogP contribution in [0.25, 0.3) is 0 Å². The number of fused-ring (bicyclic) bond motifs is 1. The van der Waals surface area contributed by atoms with Gasteiger partial charge in [0.05, 0.1) is 0 Å². The van der Waals surface area contributed by atoms with E-state index >= 15 is 0 Å². The van der Waals surface area contributed by atoms with Gasteiger partial charge in [0.15, 0.2) is 0 Å². The van der Waals surface area contributed by atoms with Crippen molar-refractivity contribution in [2.24, 2.45) is 5.92 Å². The van der Waals surface area contributed by atoms with E-state index in [9.17, 15) is 0 Å². The Balaban J connectivity index is 1.99. The predicted molar refractivity (Wildman–Crippen MR) is 71.0 cm³/mol. The van der Waals surface area contributed by atoms with Crippen molar-refractivity contribution in [2.45, 2.75) is 52.0 Å². The molecule has 1 aromatic carbocycles. The van der Waals surface area contributed by atoms with Crippen LogP contribution in [0.3, 0.4) is 0 Å². The molecular formula is C15H23N. The van der Waals surface area contributed by atoms with Crippen molar-refractivity contribution < 1.29 is 0 Å². The molecule has 1 aliphatic rings. The normalized spacial score (nSPS) is 23.2. The zero-order valence-electron chi connectivity index (χ0n) is 10.7. The highest BCUT2D eigenvalue weighted by Gasteiger charge is 2.27. The lowest BCUT2D eigenvalue weighted by molar-refractivity contribution is 0.487. The Morgan fingerprint density at radius 1 is 1.25 bits per heavy atom. The molecule has 0 bridgehead atoms. The molecule has 0 amide bonds. The van der Waals surface area contributed by atoms with Crippen LogP contribution < -0.4 is 5.32 Å². The number of benzene rings is 1. The molecule has 0 aliphatic carbocycles. The minimum absolute atomic E-state index is 0.601. The van der Waals surface area contributed by atoms with Crippen LogP contribution in [0, 0.1) is 5.92 Å². The van der Waals surface area contributed by atoms with Crippen LogP contribution in [0.15, 0.2) is 24.3 Å². The fraction of sp³-hybridized carbons (Fsp3) is 0.600. The number of anilines is 1. The molecule has 0 saturated carbocycles. The van der Waals surface area contributed by atoms with E-state index in [4.69, 9.17) is 0 Å². The van der Waals surface area contributed by atoms with Gasteiger partial charge in [-0.05, 0) is 30.9 Å². The fourth-order valence-corrected chi connectivity index (χ4v) is 2.72. The highest BCUT2D eigenvalue weighted by Crippen LogP contribution is 2.38. The molecule has 1 N–H and O–H groups in total. The first-order valence-corrected chi connectivity index (χ1v) is 6.54. The topological polar surface area (TPSA) is 12.0 Å². The molecular weight excluding hydrogens is 194 g/mol. The third kappa shape index (κ3) is 2.40. The molecule has 1 aromatic rings. The molecule has 2 atom stereocenters. The fourth-order valence-electron chi connectivity index (χ4n) is 2.72. The summed E-state index contributed by atoms with van der Waals surface area (Å²) in [5, 5.41) is 3.59. The van der Waals surface area contributed by atoms with Gasteiger partial charge >= 0.3 is 0 Å². The van der Waals surface area contributed by atoms with Gasteiger partial charge in [-0.1, -0.05) is 44.9 Å². The lowest BCUT2D eigenvalue weighted by atomic mass is 9.89. The van der Waals surface area contributed by atoms with Gasteiger partial charge in [0.2, 0.25) is 0 Å². The zero-order chi connectivity index (χ0) is 11.5. The van der Waals surface area contributed by atoms with E-state index < -0.39 is 0 Å². The third-order valence-corrected chi connectivity index (χ3v) is 3.64. The first-order valence-electron chi connectivity index (χ1n) is 6.54. The SMILES string of the molecule is CC(C)CCCC1c2ccccc2NC1C. The van der Waals surface area contributed by atoms with Crippen molar-refractivity contribution in [1.82, 2.24) is 0 Å². The average molecular weight is 217 g/mol. The molecule has 88 valence electrons. The van der Waals surface area contributed by atoms with Crippen molar-refractivity contribution in [3.05, 3.63) is 29.8 Å². The van der Waals surface area contributed by atoms with Gasteiger partial charge in [0, 0.05) is 17.6 Å². The standard InChI is InChI=1S/C15H23N/c1-11(2)7-6-9-13-12(3)16-15-10-5-4-8-14(13)15/h4-5,8,10-13,16H,6-7,9H2,1-3H3.